The van der Waals surface area contributed by atoms with Gasteiger partial charge in [0.1, 0.15) is 17.2 Å². The average Bonchev–Trinajstić information content (AvgIpc) is 3.33. The molecule has 0 fully saturated rings. The Morgan fingerprint density at radius 2 is 2.04 bits per heavy atom. The Bertz CT molecular complexity index is 1010. The number of methoxy groups -OCH3 is 1. The largest absolute Gasteiger partial charge is 0.496 e. The number of para-hydroxylation sites is 1. The Morgan fingerprint density at radius 1 is 1.15 bits per heavy atom. The van der Waals surface area contributed by atoms with Gasteiger partial charge in [0.2, 0.25) is 0 Å². The molecule has 3 heterocycles. The molecule has 0 aliphatic carbocycles. The van der Waals surface area contributed by atoms with E-state index in [1.165, 1.54) is 5.56 Å². The molecule has 0 saturated heterocycles. The lowest BCUT2D eigenvalue weighted by Crippen LogP contribution is -2.23. The number of imidazole rings is 1. The molecule has 0 aliphatic rings. The summed E-state index contributed by atoms with van der Waals surface area (Å²) in [5.41, 5.74) is 4.27. The fraction of sp³-hybridized carbons (Fsp3) is 0.190. The van der Waals surface area contributed by atoms with Crippen molar-refractivity contribution >= 4 is 5.65 Å². The normalized spacial score (nSPS) is 12.4. The number of nitrogens with one attached hydrogen (secondary N) is 1. The second kappa shape index (κ2) is 7.06. The molecule has 0 aliphatic heterocycles. The quantitative estimate of drug-likeness (QED) is 0.570. The number of rotatable bonds is 6. The summed E-state index contributed by atoms with van der Waals surface area (Å²) in [7, 11) is 1.69. The summed E-state index contributed by atoms with van der Waals surface area (Å²) in [6.45, 7) is 2.73. The van der Waals surface area contributed by atoms with Gasteiger partial charge in [-0.25, -0.2) is 4.98 Å². The molecule has 0 radical (unpaired) electrons. The summed E-state index contributed by atoms with van der Waals surface area (Å²) in [6, 6.07) is 15.9. The van der Waals surface area contributed by atoms with E-state index in [4.69, 9.17) is 9.15 Å². The summed E-state index contributed by atoms with van der Waals surface area (Å²) in [5.74, 6) is 1.68. The van der Waals surface area contributed by atoms with Gasteiger partial charge >= 0.3 is 0 Å². The molecule has 132 valence electrons. The van der Waals surface area contributed by atoms with Crippen LogP contribution in [-0.2, 0) is 6.54 Å². The zero-order valence-corrected chi connectivity index (χ0v) is 14.8. The molecule has 5 nitrogen and oxygen atoms in total. The Kier molecular flexibility index (Phi) is 4.46. The lowest BCUT2D eigenvalue weighted by Gasteiger charge is -2.19. The zero-order chi connectivity index (χ0) is 17.9. The highest BCUT2D eigenvalue weighted by Crippen LogP contribution is 2.30. The minimum Gasteiger partial charge on any atom is -0.496 e. The van der Waals surface area contributed by atoms with Gasteiger partial charge in [0.15, 0.2) is 0 Å². The first kappa shape index (κ1) is 16.4. The van der Waals surface area contributed by atoms with Crippen molar-refractivity contribution in [2.75, 3.05) is 7.11 Å². The lowest BCUT2D eigenvalue weighted by atomic mass is 10.0. The van der Waals surface area contributed by atoms with E-state index in [0.29, 0.717) is 6.54 Å². The highest BCUT2D eigenvalue weighted by atomic mass is 16.5. The monoisotopic (exact) mass is 347 g/mol. The van der Waals surface area contributed by atoms with Crippen molar-refractivity contribution < 1.29 is 9.15 Å². The van der Waals surface area contributed by atoms with Gasteiger partial charge in [-0.3, -0.25) is 5.32 Å². The summed E-state index contributed by atoms with van der Waals surface area (Å²) in [6.07, 6.45) is 5.70. The lowest BCUT2D eigenvalue weighted by molar-refractivity contribution is 0.391. The van der Waals surface area contributed by atoms with E-state index in [-0.39, 0.29) is 6.04 Å². The molecule has 1 atom stereocenters. The standard InChI is InChI=1S/C21H21N3O2/c1-15-9-10-20-22-12-16(24(20)14-15)13-23-21(19-8-5-11-26-19)17-6-3-4-7-18(17)25-2/h3-12,14,21,23H,13H2,1-2H3/t21-/m0/s1. The van der Waals surface area contributed by atoms with Gasteiger partial charge in [-0.15, -0.1) is 0 Å². The molecular weight excluding hydrogens is 326 g/mol. The van der Waals surface area contributed by atoms with Crippen molar-refractivity contribution in [2.45, 2.75) is 19.5 Å². The Balaban J connectivity index is 1.66. The first-order chi connectivity index (χ1) is 12.8. The van der Waals surface area contributed by atoms with Crippen LogP contribution in [0.2, 0.25) is 0 Å². The molecule has 0 spiro atoms. The number of furan rings is 1. The Morgan fingerprint density at radius 3 is 2.85 bits per heavy atom. The number of pyridine rings is 1. The SMILES string of the molecule is COc1ccccc1[C@H](NCc1cnc2ccc(C)cn12)c1ccco1. The maximum absolute atomic E-state index is 5.69. The number of benzene rings is 1. The Hall–Kier alpha value is -3.05. The molecule has 3 aromatic heterocycles. The number of aryl methyl sites for hydroxylation is 1. The van der Waals surface area contributed by atoms with Crippen LogP contribution in [0.4, 0.5) is 0 Å². The molecule has 0 amide bonds. The van der Waals surface area contributed by atoms with Crippen LogP contribution in [0.3, 0.4) is 0 Å². The average molecular weight is 347 g/mol. The molecule has 5 heteroatoms. The van der Waals surface area contributed by atoms with Crippen LogP contribution in [0.1, 0.15) is 28.6 Å². The van der Waals surface area contributed by atoms with E-state index in [1.54, 1.807) is 13.4 Å². The number of nitrogens with zero attached hydrogens (tertiary/aromatic N) is 2. The van der Waals surface area contributed by atoms with Crippen molar-refractivity contribution in [3.63, 3.8) is 0 Å². The molecule has 4 aromatic rings. The summed E-state index contributed by atoms with van der Waals surface area (Å²) in [5, 5.41) is 3.59. The fourth-order valence-corrected chi connectivity index (χ4v) is 3.20. The summed E-state index contributed by atoms with van der Waals surface area (Å²) in [4.78, 5) is 4.48. The van der Waals surface area contributed by atoms with Crippen molar-refractivity contribution in [2.24, 2.45) is 0 Å². The second-order valence-electron chi connectivity index (χ2n) is 6.26. The van der Waals surface area contributed by atoms with Crippen molar-refractivity contribution in [1.82, 2.24) is 14.7 Å². The van der Waals surface area contributed by atoms with E-state index in [1.807, 2.05) is 42.6 Å². The maximum atomic E-state index is 5.69. The summed E-state index contributed by atoms with van der Waals surface area (Å²) >= 11 is 0. The van der Waals surface area contributed by atoms with Crippen LogP contribution in [0.25, 0.3) is 5.65 Å². The van der Waals surface area contributed by atoms with Crippen LogP contribution in [0.5, 0.6) is 5.75 Å². The first-order valence-electron chi connectivity index (χ1n) is 8.58. The van der Waals surface area contributed by atoms with Gasteiger partial charge in [0.25, 0.3) is 0 Å². The third kappa shape index (κ3) is 3.09. The Labute approximate surface area is 152 Å². The van der Waals surface area contributed by atoms with Crippen LogP contribution < -0.4 is 10.1 Å². The van der Waals surface area contributed by atoms with Crippen LogP contribution in [-0.4, -0.2) is 16.5 Å². The number of aromatic nitrogens is 2. The van der Waals surface area contributed by atoms with Crippen molar-refractivity contribution in [3.05, 3.63) is 89.8 Å². The minimum atomic E-state index is -0.114. The smallest absolute Gasteiger partial charge is 0.136 e. The number of hydrogen-bond acceptors (Lipinski definition) is 4. The van der Waals surface area contributed by atoms with Gasteiger partial charge in [0, 0.05) is 18.3 Å². The van der Waals surface area contributed by atoms with Gasteiger partial charge < -0.3 is 13.6 Å². The van der Waals surface area contributed by atoms with E-state index >= 15 is 0 Å². The van der Waals surface area contributed by atoms with Crippen LogP contribution >= 0.6 is 0 Å². The topological polar surface area (TPSA) is 51.7 Å². The second-order valence-corrected chi connectivity index (χ2v) is 6.26. The van der Waals surface area contributed by atoms with Crippen LogP contribution in [0, 0.1) is 6.92 Å². The third-order valence-electron chi connectivity index (χ3n) is 4.50. The van der Waals surface area contributed by atoms with E-state index in [0.717, 1.165) is 28.4 Å². The molecule has 4 rings (SSSR count). The highest BCUT2D eigenvalue weighted by molar-refractivity contribution is 5.42. The molecule has 1 aromatic carbocycles. The van der Waals surface area contributed by atoms with Crippen molar-refractivity contribution in [1.29, 1.82) is 0 Å². The van der Waals surface area contributed by atoms with Gasteiger partial charge in [-0.2, -0.15) is 0 Å². The number of hydrogen-bond donors (Lipinski definition) is 1. The minimum absolute atomic E-state index is 0.114. The van der Waals surface area contributed by atoms with Gasteiger partial charge in [-0.1, -0.05) is 24.3 Å². The molecule has 0 unspecified atom stereocenters. The highest BCUT2D eigenvalue weighted by Gasteiger charge is 2.20. The molecule has 1 N–H and O–H groups in total. The predicted molar refractivity (Wildman–Crippen MR) is 100 cm³/mol. The predicted octanol–water partition coefficient (Wildman–Crippen LogP) is 4.12. The van der Waals surface area contributed by atoms with E-state index in [9.17, 15) is 0 Å². The van der Waals surface area contributed by atoms with E-state index in [2.05, 4.69) is 40.0 Å². The zero-order valence-electron chi connectivity index (χ0n) is 14.8. The van der Waals surface area contributed by atoms with Gasteiger partial charge in [-0.05, 0) is 36.8 Å². The third-order valence-corrected chi connectivity index (χ3v) is 4.50. The molecule has 0 saturated carbocycles. The van der Waals surface area contributed by atoms with Gasteiger partial charge in [0.05, 0.1) is 31.3 Å². The summed E-state index contributed by atoms with van der Waals surface area (Å²) < 4.78 is 13.3. The molecular formula is C21H21N3O2. The number of fused-ring (bicyclic) bond motifs is 1. The fourth-order valence-electron chi connectivity index (χ4n) is 3.20. The van der Waals surface area contributed by atoms with Crippen LogP contribution in [0.15, 0.2) is 71.6 Å². The van der Waals surface area contributed by atoms with E-state index < -0.39 is 0 Å². The molecule has 0 bridgehead atoms. The maximum Gasteiger partial charge on any atom is 0.136 e. The first-order valence-corrected chi connectivity index (χ1v) is 8.58. The number of ether oxygens (including phenoxy) is 1. The molecule has 26 heavy (non-hydrogen) atoms. The van der Waals surface area contributed by atoms with Crippen molar-refractivity contribution in [3.8, 4) is 5.75 Å².